The van der Waals surface area contributed by atoms with Crippen LogP contribution in [-0.2, 0) is 11.3 Å². The van der Waals surface area contributed by atoms with Crippen molar-refractivity contribution in [2.45, 2.75) is 58.6 Å². The summed E-state index contributed by atoms with van der Waals surface area (Å²) >= 11 is 0. The predicted molar refractivity (Wildman–Crippen MR) is 90.0 cm³/mol. The van der Waals surface area contributed by atoms with E-state index in [0.29, 0.717) is 6.54 Å². The average Bonchev–Trinajstić information content (AvgIpc) is 2.95. The van der Waals surface area contributed by atoms with Crippen molar-refractivity contribution in [1.82, 2.24) is 5.32 Å². The zero-order chi connectivity index (χ0) is 16.0. The Bertz CT molecular complexity index is 488. The standard InChI is InChI=1S/C18H28N2O2/c1-18(2,3)22-17(21)20-13-15-10-6-7-11-16(15)19-12-14-8-4-5-9-14/h6-7,10-11,14,19H,4-5,8-9,12-13H2,1-3H3,(H,20,21). The number of carbonyl (C=O) groups is 1. The van der Waals surface area contributed by atoms with Gasteiger partial charge >= 0.3 is 6.09 Å². The van der Waals surface area contributed by atoms with E-state index in [4.69, 9.17) is 4.74 Å². The molecule has 122 valence electrons. The summed E-state index contributed by atoms with van der Waals surface area (Å²) in [5.74, 6) is 0.784. The minimum Gasteiger partial charge on any atom is -0.444 e. The molecule has 1 saturated carbocycles. The Morgan fingerprint density at radius 3 is 2.59 bits per heavy atom. The summed E-state index contributed by atoms with van der Waals surface area (Å²) in [7, 11) is 0. The first kappa shape index (κ1) is 16.7. The first-order valence-corrected chi connectivity index (χ1v) is 8.23. The lowest BCUT2D eigenvalue weighted by Crippen LogP contribution is -2.32. The Hall–Kier alpha value is -1.71. The van der Waals surface area contributed by atoms with Gasteiger partial charge < -0.3 is 15.4 Å². The Morgan fingerprint density at radius 1 is 1.23 bits per heavy atom. The third kappa shape index (κ3) is 5.58. The Kier molecular flexibility index (Phi) is 5.69. The van der Waals surface area contributed by atoms with Gasteiger partial charge in [0.2, 0.25) is 0 Å². The van der Waals surface area contributed by atoms with E-state index >= 15 is 0 Å². The van der Waals surface area contributed by atoms with E-state index < -0.39 is 5.60 Å². The van der Waals surface area contributed by atoms with Crippen LogP contribution in [0.25, 0.3) is 0 Å². The summed E-state index contributed by atoms with van der Waals surface area (Å²) in [6.07, 6.45) is 4.98. The molecule has 0 heterocycles. The van der Waals surface area contributed by atoms with E-state index in [2.05, 4.69) is 16.7 Å². The van der Waals surface area contributed by atoms with Crippen LogP contribution in [0.1, 0.15) is 52.0 Å². The quantitative estimate of drug-likeness (QED) is 0.852. The lowest BCUT2D eigenvalue weighted by molar-refractivity contribution is 0.0523. The molecule has 0 saturated heterocycles. The molecule has 1 amide bonds. The van der Waals surface area contributed by atoms with Crippen LogP contribution in [0.4, 0.5) is 10.5 Å². The van der Waals surface area contributed by atoms with Gasteiger partial charge in [-0.2, -0.15) is 0 Å². The minimum atomic E-state index is -0.468. The molecule has 4 nitrogen and oxygen atoms in total. The fourth-order valence-corrected chi connectivity index (χ4v) is 2.80. The Labute approximate surface area is 133 Å². The molecule has 0 unspecified atom stereocenters. The number of hydrogen-bond donors (Lipinski definition) is 2. The zero-order valence-corrected chi connectivity index (χ0v) is 13.9. The van der Waals surface area contributed by atoms with Crippen molar-refractivity contribution in [3.8, 4) is 0 Å². The van der Waals surface area contributed by atoms with E-state index in [1.54, 1.807) is 0 Å². The van der Waals surface area contributed by atoms with Gasteiger partial charge in [0.25, 0.3) is 0 Å². The minimum absolute atomic E-state index is 0.377. The van der Waals surface area contributed by atoms with Gasteiger partial charge in [-0.25, -0.2) is 4.79 Å². The predicted octanol–water partition coefficient (Wildman–Crippen LogP) is 4.31. The molecule has 0 atom stereocenters. The summed E-state index contributed by atoms with van der Waals surface area (Å²) in [5, 5.41) is 6.36. The van der Waals surface area contributed by atoms with Gasteiger partial charge in [0, 0.05) is 18.8 Å². The maximum atomic E-state index is 11.8. The topological polar surface area (TPSA) is 50.4 Å². The molecule has 0 radical (unpaired) electrons. The molecule has 1 aliphatic carbocycles. The van der Waals surface area contributed by atoms with Crippen molar-refractivity contribution >= 4 is 11.8 Å². The number of para-hydroxylation sites is 1. The van der Waals surface area contributed by atoms with Gasteiger partial charge in [0.05, 0.1) is 0 Å². The van der Waals surface area contributed by atoms with E-state index in [1.165, 1.54) is 25.7 Å². The fraction of sp³-hybridized carbons (Fsp3) is 0.611. The third-order valence-electron chi connectivity index (χ3n) is 3.90. The van der Waals surface area contributed by atoms with E-state index in [9.17, 15) is 4.79 Å². The summed E-state index contributed by atoms with van der Waals surface area (Å²) in [6.45, 7) is 7.09. The Balaban J connectivity index is 1.86. The third-order valence-corrected chi connectivity index (χ3v) is 3.90. The molecular formula is C18H28N2O2. The van der Waals surface area contributed by atoms with Gasteiger partial charge in [0.1, 0.15) is 5.60 Å². The number of amides is 1. The van der Waals surface area contributed by atoms with Crippen molar-refractivity contribution in [2.75, 3.05) is 11.9 Å². The average molecular weight is 304 g/mol. The van der Waals surface area contributed by atoms with Crippen molar-refractivity contribution in [2.24, 2.45) is 5.92 Å². The SMILES string of the molecule is CC(C)(C)OC(=O)NCc1ccccc1NCC1CCCC1. The number of carbonyl (C=O) groups excluding carboxylic acids is 1. The summed E-state index contributed by atoms with van der Waals surface area (Å²) in [6, 6.07) is 8.12. The molecule has 2 N–H and O–H groups in total. The van der Waals surface area contributed by atoms with Gasteiger partial charge in [-0.15, -0.1) is 0 Å². The van der Waals surface area contributed by atoms with Crippen molar-refractivity contribution in [3.05, 3.63) is 29.8 Å². The van der Waals surface area contributed by atoms with Crippen molar-refractivity contribution < 1.29 is 9.53 Å². The van der Waals surface area contributed by atoms with Crippen LogP contribution in [-0.4, -0.2) is 18.2 Å². The molecule has 0 aromatic heterocycles. The summed E-state index contributed by atoms with van der Waals surface area (Å²) in [5.41, 5.74) is 1.72. The molecule has 0 aliphatic heterocycles. The van der Waals surface area contributed by atoms with Crippen LogP contribution in [0.3, 0.4) is 0 Å². The van der Waals surface area contributed by atoms with E-state index in [0.717, 1.165) is 23.7 Å². The molecule has 0 bridgehead atoms. The summed E-state index contributed by atoms with van der Waals surface area (Å²) in [4.78, 5) is 11.8. The molecule has 1 aromatic carbocycles. The van der Waals surface area contributed by atoms with Crippen LogP contribution >= 0.6 is 0 Å². The fourth-order valence-electron chi connectivity index (χ4n) is 2.80. The highest BCUT2D eigenvalue weighted by atomic mass is 16.6. The zero-order valence-electron chi connectivity index (χ0n) is 13.9. The maximum absolute atomic E-state index is 11.8. The second-order valence-corrected chi connectivity index (χ2v) is 7.04. The van der Waals surface area contributed by atoms with Crippen LogP contribution < -0.4 is 10.6 Å². The molecule has 22 heavy (non-hydrogen) atoms. The van der Waals surface area contributed by atoms with Crippen LogP contribution in [0.2, 0.25) is 0 Å². The smallest absolute Gasteiger partial charge is 0.407 e. The van der Waals surface area contributed by atoms with Gasteiger partial charge in [-0.1, -0.05) is 31.0 Å². The van der Waals surface area contributed by atoms with E-state index in [1.807, 2.05) is 39.0 Å². The molecule has 1 aromatic rings. The number of alkyl carbamates (subject to hydrolysis) is 1. The van der Waals surface area contributed by atoms with Crippen molar-refractivity contribution in [3.63, 3.8) is 0 Å². The highest BCUT2D eigenvalue weighted by molar-refractivity contribution is 5.68. The number of hydrogen-bond acceptors (Lipinski definition) is 3. The molecule has 1 aliphatic rings. The van der Waals surface area contributed by atoms with E-state index in [-0.39, 0.29) is 6.09 Å². The number of anilines is 1. The second kappa shape index (κ2) is 7.52. The summed E-state index contributed by atoms with van der Waals surface area (Å²) < 4.78 is 5.27. The van der Waals surface area contributed by atoms with Crippen LogP contribution in [0.5, 0.6) is 0 Å². The first-order valence-electron chi connectivity index (χ1n) is 8.23. The molecule has 2 rings (SSSR count). The highest BCUT2D eigenvalue weighted by Gasteiger charge is 2.17. The number of ether oxygens (including phenoxy) is 1. The molecular weight excluding hydrogens is 276 g/mol. The monoisotopic (exact) mass is 304 g/mol. The van der Waals surface area contributed by atoms with Gasteiger partial charge in [-0.05, 0) is 51.2 Å². The lowest BCUT2D eigenvalue weighted by atomic mass is 10.1. The Morgan fingerprint density at radius 2 is 1.91 bits per heavy atom. The number of nitrogens with one attached hydrogen (secondary N) is 2. The highest BCUT2D eigenvalue weighted by Crippen LogP contribution is 2.25. The lowest BCUT2D eigenvalue weighted by Gasteiger charge is -2.20. The van der Waals surface area contributed by atoms with Gasteiger partial charge in [-0.3, -0.25) is 0 Å². The van der Waals surface area contributed by atoms with Crippen molar-refractivity contribution in [1.29, 1.82) is 0 Å². The molecule has 1 fully saturated rings. The first-order chi connectivity index (χ1) is 10.4. The molecule has 4 heteroatoms. The molecule has 0 spiro atoms. The number of rotatable bonds is 5. The second-order valence-electron chi connectivity index (χ2n) is 7.04. The maximum Gasteiger partial charge on any atom is 0.407 e. The van der Waals surface area contributed by atoms with Crippen LogP contribution in [0, 0.1) is 5.92 Å². The normalized spacial score (nSPS) is 15.6. The van der Waals surface area contributed by atoms with Gasteiger partial charge in [0.15, 0.2) is 0 Å². The van der Waals surface area contributed by atoms with Crippen LogP contribution in [0.15, 0.2) is 24.3 Å². The largest absolute Gasteiger partial charge is 0.444 e. The number of benzene rings is 1.